The van der Waals surface area contributed by atoms with Gasteiger partial charge in [0.1, 0.15) is 0 Å². The van der Waals surface area contributed by atoms with Gasteiger partial charge in [0.2, 0.25) is 0 Å². The van der Waals surface area contributed by atoms with Gasteiger partial charge in [-0.25, -0.2) is 0 Å². The van der Waals surface area contributed by atoms with Gasteiger partial charge in [-0.2, -0.15) is 11.8 Å². The van der Waals surface area contributed by atoms with Crippen molar-refractivity contribution < 1.29 is 4.74 Å². The standard InChI is InChI=1S/C12H26N2OS/c1-10(2)13-7-12(8-15-4)14-5-6-16-9-11(14)3/h10-13H,5-9H2,1-4H3. The van der Waals surface area contributed by atoms with Gasteiger partial charge in [0, 0.05) is 49.8 Å². The average Bonchev–Trinajstić information content (AvgIpc) is 2.25. The number of ether oxygens (including phenoxy) is 1. The summed E-state index contributed by atoms with van der Waals surface area (Å²) in [6.07, 6.45) is 0. The Hall–Kier alpha value is 0.230. The van der Waals surface area contributed by atoms with Crippen molar-refractivity contribution in [3.63, 3.8) is 0 Å². The van der Waals surface area contributed by atoms with Gasteiger partial charge in [-0.1, -0.05) is 13.8 Å². The molecule has 2 atom stereocenters. The van der Waals surface area contributed by atoms with Crippen molar-refractivity contribution in [2.75, 3.05) is 38.3 Å². The lowest BCUT2D eigenvalue weighted by Crippen LogP contribution is -2.53. The van der Waals surface area contributed by atoms with E-state index in [4.69, 9.17) is 4.74 Å². The van der Waals surface area contributed by atoms with Crippen molar-refractivity contribution >= 4 is 11.8 Å². The molecule has 0 aromatic heterocycles. The van der Waals surface area contributed by atoms with E-state index in [-0.39, 0.29) is 0 Å². The Labute approximate surface area is 104 Å². The summed E-state index contributed by atoms with van der Waals surface area (Å²) < 4.78 is 5.35. The monoisotopic (exact) mass is 246 g/mol. The molecule has 0 bridgehead atoms. The summed E-state index contributed by atoms with van der Waals surface area (Å²) in [4.78, 5) is 2.59. The minimum Gasteiger partial charge on any atom is -0.383 e. The molecule has 2 unspecified atom stereocenters. The molecule has 4 heteroatoms. The van der Waals surface area contributed by atoms with Crippen LogP contribution in [0, 0.1) is 0 Å². The second-order valence-corrected chi connectivity index (χ2v) is 5.98. The number of nitrogens with zero attached hydrogens (tertiary/aromatic N) is 1. The van der Waals surface area contributed by atoms with Gasteiger partial charge in [0.15, 0.2) is 0 Å². The van der Waals surface area contributed by atoms with Crippen molar-refractivity contribution in [2.45, 2.75) is 38.9 Å². The minimum absolute atomic E-state index is 0.517. The van der Waals surface area contributed by atoms with E-state index in [9.17, 15) is 0 Å². The number of hydrogen-bond acceptors (Lipinski definition) is 4. The average molecular weight is 246 g/mol. The molecular formula is C12H26N2OS. The molecule has 0 amide bonds. The molecule has 1 aliphatic heterocycles. The fourth-order valence-electron chi connectivity index (χ4n) is 2.12. The smallest absolute Gasteiger partial charge is 0.0630 e. The molecule has 1 rings (SSSR count). The third-order valence-corrected chi connectivity index (χ3v) is 4.20. The maximum absolute atomic E-state index is 5.35. The highest BCUT2D eigenvalue weighted by Crippen LogP contribution is 2.18. The Morgan fingerprint density at radius 2 is 2.25 bits per heavy atom. The van der Waals surface area contributed by atoms with Gasteiger partial charge in [0.25, 0.3) is 0 Å². The fraction of sp³-hybridized carbons (Fsp3) is 1.00. The van der Waals surface area contributed by atoms with Crippen LogP contribution in [0.15, 0.2) is 0 Å². The lowest BCUT2D eigenvalue weighted by molar-refractivity contribution is 0.0721. The van der Waals surface area contributed by atoms with Crippen LogP contribution in [0.5, 0.6) is 0 Å². The van der Waals surface area contributed by atoms with Gasteiger partial charge < -0.3 is 10.1 Å². The summed E-state index contributed by atoms with van der Waals surface area (Å²) in [6, 6.07) is 1.74. The molecule has 96 valence electrons. The highest BCUT2D eigenvalue weighted by molar-refractivity contribution is 7.99. The van der Waals surface area contributed by atoms with Crippen LogP contribution >= 0.6 is 11.8 Å². The van der Waals surface area contributed by atoms with Crippen LogP contribution < -0.4 is 5.32 Å². The Morgan fingerprint density at radius 3 is 2.81 bits per heavy atom. The zero-order valence-corrected chi connectivity index (χ0v) is 11.8. The van der Waals surface area contributed by atoms with Crippen molar-refractivity contribution in [3.05, 3.63) is 0 Å². The molecule has 0 aliphatic carbocycles. The van der Waals surface area contributed by atoms with Crippen molar-refractivity contribution in [1.29, 1.82) is 0 Å². The predicted octanol–water partition coefficient (Wildman–Crippen LogP) is 1.44. The first-order chi connectivity index (χ1) is 7.65. The van der Waals surface area contributed by atoms with E-state index < -0.39 is 0 Å². The molecule has 1 saturated heterocycles. The molecule has 16 heavy (non-hydrogen) atoms. The summed E-state index contributed by atoms with van der Waals surface area (Å²) in [5, 5.41) is 3.52. The molecule has 1 N–H and O–H groups in total. The molecule has 1 aliphatic rings. The third-order valence-electron chi connectivity index (χ3n) is 3.01. The number of hydrogen-bond donors (Lipinski definition) is 1. The van der Waals surface area contributed by atoms with Crippen LogP contribution in [0.2, 0.25) is 0 Å². The van der Waals surface area contributed by atoms with E-state index in [1.807, 2.05) is 0 Å². The van der Waals surface area contributed by atoms with Crippen LogP contribution in [-0.4, -0.2) is 61.3 Å². The van der Waals surface area contributed by atoms with E-state index in [0.717, 1.165) is 13.2 Å². The Bertz CT molecular complexity index is 190. The van der Waals surface area contributed by atoms with E-state index in [1.54, 1.807) is 7.11 Å². The summed E-state index contributed by atoms with van der Waals surface area (Å²) in [7, 11) is 1.80. The molecular weight excluding hydrogens is 220 g/mol. The first-order valence-electron chi connectivity index (χ1n) is 6.21. The highest BCUT2D eigenvalue weighted by Gasteiger charge is 2.26. The minimum atomic E-state index is 0.517. The summed E-state index contributed by atoms with van der Waals surface area (Å²) in [6.45, 7) is 9.76. The lowest BCUT2D eigenvalue weighted by Gasteiger charge is -2.39. The first-order valence-corrected chi connectivity index (χ1v) is 7.36. The maximum Gasteiger partial charge on any atom is 0.0630 e. The molecule has 0 radical (unpaired) electrons. The zero-order valence-electron chi connectivity index (χ0n) is 11.0. The van der Waals surface area contributed by atoms with E-state index in [0.29, 0.717) is 18.1 Å². The van der Waals surface area contributed by atoms with E-state index in [2.05, 4.69) is 42.7 Å². The molecule has 0 saturated carbocycles. The molecule has 0 spiro atoms. The molecule has 1 heterocycles. The van der Waals surface area contributed by atoms with Crippen molar-refractivity contribution in [3.8, 4) is 0 Å². The second-order valence-electron chi connectivity index (χ2n) is 4.83. The summed E-state index contributed by atoms with van der Waals surface area (Å²) >= 11 is 2.06. The topological polar surface area (TPSA) is 24.5 Å². The van der Waals surface area contributed by atoms with Crippen LogP contribution in [0.4, 0.5) is 0 Å². The van der Waals surface area contributed by atoms with Crippen molar-refractivity contribution in [2.24, 2.45) is 0 Å². The second kappa shape index (κ2) is 7.54. The number of nitrogens with one attached hydrogen (secondary N) is 1. The third kappa shape index (κ3) is 4.62. The normalized spacial score (nSPS) is 24.9. The number of thioether (sulfide) groups is 1. The molecule has 1 fully saturated rings. The Kier molecular flexibility index (Phi) is 6.73. The molecule has 0 aromatic rings. The van der Waals surface area contributed by atoms with Crippen LogP contribution in [-0.2, 0) is 4.74 Å². The lowest BCUT2D eigenvalue weighted by atomic mass is 10.2. The van der Waals surface area contributed by atoms with Crippen molar-refractivity contribution in [1.82, 2.24) is 10.2 Å². The summed E-state index contributed by atoms with van der Waals surface area (Å²) in [5.41, 5.74) is 0. The number of methoxy groups -OCH3 is 1. The van der Waals surface area contributed by atoms with Gasteiger partial charge in [-0.15, -0.1) is 0 Å². The Morgan fingerprint density at radius 1 is 1.50 bits per heavy atom. The van der Waals surface area contributed by atoms with E-state index in [1.165, 1.54) is 18.1 Å². The highest BCUT2D eigenvalue weighted by atomic mass is 32.2. The van der Waals surface area contributed by atoms with E-state index >= 15 is 0 Å². The molecule has 0 aromatic carbocycles. The van der Waals surface area contributed by atoms with Crippen LogP contribution in [0.3, 0.4) is 0 Å². The predicted molar refractivity (Wildman–Crippen MR) is 72.3 cm³/mol. The fourth-order valence-corrected chi connectivity index (χ4v) is 3.16. The largest absolute Gasteiger partial charge is 0.383 e. The number of rotatable bonds is 6. The van der Waals surface area contributed by atoms with Gasteiger partial charge in [-0.05, 0) is 6.92 Å². The van der Waals surface area contributed by atoms with Gasteiger partial charge in [0.05, 0.1) is 6.61 Å². The summed E-state index contributed by atoms with van der Waals surface area (Å²) in [5.74, 6) is 2.51. The van der Waals surface area contributed by atoms with Gasteiger partial charge >= 0.3 is 0 Å². The van der Waals surface area contributed by atoms with Crippen LogP contribution in [0.1, 0.15) is 20.8 Å². The van der Waals surface area contributed by atoms with Crippen LogP contribution in [0.25, 0.3) is 0 Å². The maximum atomic E-state index is 5.35. The Balaban J connectivity index is 2.46. The quantitative estimate of drug-likeness (QED) is 0.766. The SMILES string of the molecule is COCC(CNC(C)C)N1CCSCC1C. The zero-order chi connectivity index (χ0) is 12.0. The van der Waals surface area contributed by atoms with Gasteiger partial charge in [-0.3, -0.25) is 4.90 Å². The first kappa shape index (κ1) is 14.3. The molecule has 3 nitrogen and oxygen atoms in total.